The molecule has 8 aromatic carbocycles. The summed E-state index contributed by atoms with van der Waals surface area (Å²) in [5.74, 6) is 0. The average molecular weight is 654 g/mol. The zero-order chi connectivity index (χ0) is 32.5. The normalized spacial score (nSPS) is 12.7. The minimum Gasteiger partial charge on any atom is -0.309 e. The molecule has 0 spiro atoms. The van der Waals surface area contributed by atoms with E-state index in [1.165, 1.54) is 91.7 Å². The molecule has 3 aromatic heterocycles. The van der Waals surface area contributed by atoms with Gasteiger partial charge in [0.05, 0.1) is 27.8 Å². The number of aromatic nitrogens is 3. The van der Waals surface area contributed by atoms with Gasteiger partial charge in [0, 0.05) is 48.1 Å². The summed E-state index contributed by atoms with van der Waals surface area (Å²) in [6.45, 7) is 0. The molecule has 0 aliphatic carbocycles. The highest BCUT2D eigenvalue weighted by atomic mass is 32.2. The fraction of sp³-hybridized carbons (Fsp3) is 0. The Bertz CT molecular complexity index is 3140. The average Bonchev–Trinajstić information content (AvgIpc) is 3.82. The summed E-state index contributed by atoms with van der Waals surface area (Å²) in [6, 6.07) is 60.3. The van der Waals surface area contributed by atoms with Crippen LogP contribution in [0.4, 0.5) is 0 Å². The van der Waals surface area contributed by atoms with E-state index in [0.29, 0.717) is 0 Å². The van der Waals surface area contributed by atoms with Crippen molar-refractivity contribution in [2.75, 3.05) is 0 Å². The second-order valence-electron chi connectivity index (χ2n) is 13.3. The summed E-state index contributed by atoms with van der Waals surface area (Å²) in [7, 11) is 0. The molecule has 0 amide bonds. The van der Waals surface area contributed by atoms with Crippen molar-refractivity contribution in [2.45, 2.75) is 9.79 Å². The fourth-order valence-electron chi connectivity index (χ4n) is 8.77. The van der Waals surface area contributed by atoms with Gasteiger partial charge in [-0.15, -0.1) is 0 Å². The quantitative estimate of drug-likeness (QED) is 0.181. The third-order valence-electron chi connectivity index (χ3n) is 10.8. The van der Waals surface area contributed by atoms with Gasteiger partial charge in [-0.3, -0.25) is 9.13 Å². The van der Waals surface area contributed by atoms with Gasteiger partial charge in [0.25, 0.3) is 0 Å². The van der Waals surface area contributed by atoms with Crippen molar-refractivity contribution in [1.82, 2.24) is 13.7 Å². The van der Waals surface area contributed by atoms with Gasteiger partial charge in [0.2, 0.25) is 0 Å². The van der Waals surface area contributed by atoms with Crippen molar-refractivity contribution < 1.29 is 0 Å². The molecule has 4 heterocycles. The Morgan fingerprint density at radius 2 is 0.900 bits per heavy atom. The minimum absolute atomic E-state index is 1.15. The predicted molar refractivity (Wildman–Crippen MR) is 211 cm³/mol. The van der Waals surface area contributed by atoms with Gasteiger partial charge in [-0.05, 0) is 82.2 Å². The summed E-state index contributed by atoms with van der Waals surface area (Å²) < 4.78 is 7.42. The van der Waals surface area contributed by atoms with E-state index in [1.54, 1.807) is 0 Å². The van der Waals surface area contributed by atoms with Crippen LogP contribution in [-0.2, 0) is 0 Å². The van der Waals surface area contributed by atoms with E-state index in [9.17, 15) is 0 Å². The van der Waals surface area contributed by atoms with E-state index in [0.717, 1.165) is 11.4 Å². The minimum atomic E-state index is 1.15. The van der Waals surface area contributed by atoms with Crippen LogP contribution >= 0.6 is 11.8 Å². The number of fused-ring (bicyclic) bond motifs is 14. The number of rotatable bonds is 2. The van der Waals surface area contributed by atoms with Crippen LogP contribution < -0.4 is 0 Å². The standard InChI is InChI=1S/C46H27N3S/c1-3-12-32-28(10-1)20-26-38-43(32)44-33-13-4-2-11-29(33)21-27-39(44)47(38)30-22-24-31(25-23-30)48-36-16-6-5-14-34(36)42-35-15-9-19-41-45(35)49(46(42)48)37-17-7-8-18-40(37)50-41/h1-27H. The Morgan fingerprint density at radius 3 is 1.62 bits per heavy atom. The molecule has 4 heteroatoms. The van der Waals surface area contributed by atoms with Crippen LogP contribution in [0.3, 0.4) is 0 Å². The molecule has 0 atom stereocenters. The molecule has 0 N–H and O–H groups in total. The van der Waals surface area contributed by atoms with Crippen LogP contribution in [0.2, 0.25) is 0 Å². The van der Waals surface area contributed by atoms with E-state index in [2.05, 4.69) is 177 Å². The molecule has 0 unspecified atom stereocenters. The van der Waals surface area contributed by atoms with Gasteiger partial charge >= 0.3 is 0 Å². The smallest absolute Gasteiger partial charge is 0.131 e. The number of hydrogen-bond acceptors (Lipinski definition) is 1. The SMILES string of the molecule is c1ccc2c(c1)Sc1cccc3c4c5ccccc5n(-c5ccc(-n6c7ccc8ccccc8c7c7c8ccccc8ccc76)cc5)c4n-2c13. The second-order valence-corrected chi connectivity index (χ2v) is 14.4. The van der Waals surface area contributed by atoms with Gasteiger partial charge in [0.15, 0.2) is 0 Å². The first kappa shape index (κ1) is 26.7. The Kier molecular flexibility index (Phi) is 5.17. The lowest BCUT2D eigenvalue weighted by molar-refractivity contribution is 1.02. The van der Waals surface area contributed by atoms with Crippen molar-refractivity contribution in [3.05, 3.63) is 164 Å². The van der Waals surface area contributed by atoms with E-state index in [1.807, 2.05) is 11.8 Å². The maximum atomic E-state index is 2.50. The van der Waals surface area contributed by atoms with Crippen molar-refractivity contribution in [3.8, 4) is 17.1 Å². The molecule has 0 saturated carbocycles. The summed E-state index contributed by atoms with van der Waals surface area (Å²) >= 11 is 1.87. The first-order valence-corrected chi connectivity index (χ1v) is 17.9. The second kappa shape index (κ2) is 9.69. The number of nitrogens with zero attached hydrogens (tertiary/aromatic N) is 3. The van der Waals surface area contributed by atoms with Gasteiger partial charge in [-0.25, -0.2) is 0 Å². The Morgan fingerprint density at radius 1 is 0.340 bits per heavy atom. The van der Waals surface area contributed by atoms with Crippen LogP contribution in [-0.4, -0.2) is 13.7 Å². The maximum absolute atomic E-state index is 2.50. The molecular formula is C46H27N3S. The van der Waals surface area contributed by atoms with Gasteiger partial charge < -0.3 is 4.57 Å². The molecule has 0 fully saturated rings. The first-order valence-electron chi connectivity index (χ1n) is 17.1. The lowest BCUT2D eigenvalue weighted by Gasteiger charge is -2.21. The number of hydrogen-bond donors (Lipinski definition) is 0. The molecule has 3 nitrogen and oxygen atoms in total. The summed E-state index contributed by atoms with van der Waals surface area (Å²) in [4.78, 5) is 2.58. The lowest BCUT2D eigenvalue weighted by Crippen LogP contribution is -2.05. The van der Waals surface area contributed by atoms with Crippen molar-refractivity contribution in [2.24, 2.45) is 0 Å². The van der Waals surface area contributed by atoms with E-state index < -0.39 is 0 Å². The van der Waals surface area contributed by atoms with Crippen LogP contribution in [0.5, 0.6) is 0 Å². The zero-order valence-electron chi connectivity index (χ0n) is 26.8. The topological polar surface area (TPSA) is 14.8 Å². The molecule has 1 aliphatic heterocycles. The van der Waals surface area contributed by atoms with Crippen molar-refractivity contribution in [3.63, 3.8) is 0 Å². The first-order chi connectivity index (χ1) is 24.8. The van der Waals surface area contributed by atoms with E-state index >= 15 is 0 Å². The van der Waals surface area contributed by atoms with Crippen LogP contribution in [0.15, 0.2) is 174 Å². The summed E-state index contributed by atoms with van der Waals surface area (Å²) in [6.07, 6.45) is 0. The highest BCUT2D eigenvalue weighted by Crippen LogP contribution is 2.49. The summed E-state index contributed by atoms with van der Waals surface area (Å²) in [5, 5.41) is 11.6. The van der Waals surface area contributed by atoms with Crippen molar-refractivity contribution in [1.29, 1.82) is 0 Å². The largest absolute Gasteiger partial charge is 0.309 e. The molecule has 11 aromatic rings. The third kappa shape index (κ3) is 3.36. The van der Waals surface area contributed by atoms with Gasteiger partial charge in [-0.2, -0.15) is 0 Å². The van der Waals surface area contributed by atoms with Crippen LogP contribution in [0.25, 0.3) is 93.3 Å². The highest BCUT2D eigenvalue weighted by Gasteiger charge is 2.27. The van der Waals surface area contributed by atoms with Crippen molar-refractivity contribution >= 4 is 88.0 Å². The van der Waals surface area contributed by atoms with Gasteiger partial charge in [0.1, 0.15) is 5.65 Å². The molecular weight excluding hydrogens is 627 g/mol. The third-order valence-corrected chi connectivity index (χ3v) is 11.9. The number of para-hydroxylation sites is 3. The predicted octanol–water partition coefficient (Wildman–Crippen LogP) is 12.6. The molecule has 232 valence electrons. The van der Waals surface area contributed by atoms with E-state index in [-0.39, 0.29) is 0 Å². The monoisotopic (exact) mass is 653 g/mol. The van der Waals surface area contributed by atoms with Crippen LogP contribution in [0, 0.1) is 0 Å². The molecule has 12 rings (SSSR count). The lowest BCUT2D eigenvalue weighted by atomic mass is 10.00. The van der Waals surface area contributed by atoms with Crippen LogP contribution in [0.1, 0.15) is 0 Å². The number of benzene rings is 8. The van der Waals surface area contributed by atoms with E-state index in [4.69, 9.17) is 0 Å². The summed E-state index contributed by atoms with van der Waals surface area (Å²) in [5.41, 5.74) is 9.70. The van der Waals surface area contributed by atoms with Gasteiger partial charge in [-0.1, -0.05) is 115 Å². The molecule has 0 radical (unpaired) electrons. The Balaban J connectivity index is 1.15. The Labute approximate surface area is 291 Å². The molecule has 0 saturated heterocycles. The fourth-order valence-corrected chi connectivity index (χ4v) is 9.86. The Hall–Kier alpha value is -6.23. The molecule has 50 heavy (non-hydrogen) atoms. The highest BCUT2D eigenvalue weighted by molar-refractivity contribution is 7.99. The molecule has 0 bridgehead atoms. The zero-order valence-corrected chi connectivity index (χ0v) is 27.7. The maximum Gasteiger partial charge on any atom is 0.131 e. The molecule has 1 aliphatic rings.